The summed E-state index contributed by atoms with van der Waals surface area (Å²) < 4.78 is 0. The Morgan fingerprint density at radius 1 is 1.00 bits per heavy atom. The minimum Gasteiger partial charge on any atom is -0.324 e. The quantitative estimate of drug-likeness (QED) is 0.778. The van der Waals surface area contributed by atoms with Crippen molar-refractivity contribution in [1.82, 2.24) is 0 Å². The number of rotatable bonds is 2. The van der Waals surface area contributed by atoms with Gasteiger partial charge < -0.3 is 5.73 Å². The first-order chi connectivity index (χ1) is 8.70. The van der Waals surface area contributed by atoms with Crippen LogP contribution in [0.15, 0.2) is 18.2 Å². The fourth-order valence-corrected chi connectivity index (χ4v) is 3.31. The van der Waals surface area contributed by atoms with Crippen LogP contribution in [0.4, 0.5) is 0 Å². The van der Waals surface area contributed by atoms with Gasteiger partial charge in [0.05, 0.1) is 10.0 Å². The van der Waals surface area contributed by atoms with E-state index in [-0.39, 0.29) is 6.04 Å². The molecular weight excluding hydrogens is 265 g/mol. The summed E-state index contributed by atoms with van der Waals surface area (Å²) in [7, 11) is 0. The van der Waals surface area contributed by atoms with Crippen LogP contribution in [0.2, 0.25) is 10.0 Å². The van der Waals surface area contributed by atoms with Gasteiger partial charge in [-0.05, 0) is 30.4 Å². The molecule has 0 radical (unpaired) electrons. The molecule has 1 aromatic carbocycles. The van der Waals surface area contributed by atoms with Crippen LogP contribution in [0.1, 0.15) is 56.6 Å². The number of halogens is 2. The summed E-state index contributed by atoms with van der Waals surface area (Å²) in [6, 6.07) is 5.79. The molecule has 1 atom stereocenters. The Bertz CT molecular complexity index is 384. The minimum atomic E-state index is 0.0225. The van der Waals surface area contributed by atoms with E-state index < -0.39 is 0 Å². The van der Waals surface area contributed by atoms with E-state index in [0.717, 1.165) is 5.56 Å². The summed E-state index contributed by atoms with van der Waals surface area (Å²) in [5.74, 6) is 0.543. The highest BCUT2D eigenvalue weighted by atomic mass is 35.5. The van der Waals surface area contributed by atoms with Crippen molar-refractivity contribution >= 4 is 23.2 Å². The fourth-order valence-electron chi connectivity index (χ4n) is 2.88. The second-order valence-electron chi connectivity index (χ2n) is 5.27. The molecule has 1 aliphatic carbocycles. The molecule has 1 saturated carbocycles. The molecule has 2 N–H and O–H groups in total. The Labute approximate surface area is 120 Å². The molecule has 0 spiro atoms. The molecule has 0 aromatic heterocycles. The van der Waals surface area contributed by atoms with Gasteiger partial charge in [-0.3, -0.25) is 0 Å². The van der Waals surface area contributed by atoms with Crippen LogP contribution in [0.25, 0.3) is 0 Å². The smallest absolute Gasteiger partial charge is 0.0640 e. The summed E-state index contributed by atoms with van der Waals surface area (Å²) in [6.45, 7) is 0. The fraction of sp³-hybridized carbons (Fsp3) is 0.600. The van der Waals surface area contributed by atoms with Crippen LogP contribution in [0.3, 0.4) is 0 Å². The average Bonchev–Trinajstić information content (AvgIpc) is 2.31. The summed E-state index contributed by atoms with van der Waals surface area (Å²) in [4.78, 5) is 0. The zero-order valence-electron chi connectivity index (χ0n) is 10.7. The lowest BCUT2D eigenvalue weighted by Gasteiger charge is -2.27. The third-order valence-electron chi connectivity index (χ3n) is 4.00. The van der Waals surface area contributed by atoms with Gasteiger partial charge in [-0.1, -0.05) is 67.4 Å². The molecule has 1 aromatic rings. The van der Waals surface area contributed by atoms with E-state index in [9.17, 15) is 0 Å². The molecule has 0 saturated heterocycles. The third-order valence-corrected chi connectivity index (χ3v) is 4.83. The van der Waals surface area contributed by atoms with E-state index in [1.807, 2.05) is 18.2 Å². The van der Waals surface area contributed by atoms with Crippen LogP contribution in [0.5, 0.6) is 0 Å². The highest BCUT2D eigenvalue weighted by molar-refractivity contribution is 6.42. The molecule has 2 rings (SSSR count). The molecule has 18 heavy (non-hydrogen) atoms. The topological polar surface area (TPSA) is 26.0 Å². The average molecular weight is 286 g/mol. The molecule has 1 aliphatic rings. The van der Waals surface area contributed by atoms with E-state index in [2.05, 4.69) is 0 Å². The summed E-state index contributed by atoms with van der Waals surface area (Å²) in [6.07, 6.45) is 9.06. The van der Waals surface area contributed by atoms with Gasteiger partial charge in [0.1, 0.15) is 0 Å². The Morgan fingerprint density at radius 3 is 2.28 bits per heavy atom. The first-order valence-electron chi connectivity index (χ1n) is 6.89. The standard InChI is InChI=1S/C15H21Cl2N/c16-13-10-6-9-12(14(13)17)15(18)11-7-4-2-1-3-5-8-11/h6,9-11,15H,1-5,7-8,18H2. The lowest BCUT2D eigenvalue weighted by molar-refractivity contribution is 0.327. The molecule has 100 valence electrons. The van der Waals surface area contributed by atoms with Gasteiger partial charge in [-0.2, -0.15) is 0 Å². The summed E-state index contributed by atoms with van der Waals surface area (Å²) in [5, 5.41) is 1.24. The summed E-state index contributed by atoms with van der Waals surface area (Å²) >= 11 is 12.3. The first kappa shape index (κ1) is 14.2. The van der Waals surface area contributed by atoms with Crippen LogP contribution in [0, 0.1) is 5.92 Å². The van der Waals surface area contributed by atoms with Gasteiger partial charge in [0.2, 0.25) is 0 Å². The molecule has 0 aliphatic heterocycles. The monoisotopic (exact) mass is 285 g/mol. The second-order valence-corrected chi connectivity index (χ2v) is 6.06. The summed E-state index contributed by atoms with van der Waals surface area (Å²) in [5.41, 5.74) is 7.43. The van der Waals surface area contributed by atoms with Gasteiger partial charge in [-0.25, -0.2) is 0 Å². The van der Waals surface area contributed by atoms with Gasteiger partial charge in [0.15, 0.2) is 0 Å². The predicted octanol–water partition coefficient (Wildman–Crippen LogP) is 5.35. The van der Waals surface area contributed by atoms with Gasteiger partial charge in [0.25, 0.3) is 0 Å². The first-order valence-corrected chi connectivity index (χ1v) is 7.65. The van der Waals surface area contributed by atoms with E-state index in [1.165, 1.54) is 44.9 Å². The molecule has 1 nitrogen and oxygen atoms in total. The van der Waals surface area contributed by atoms with E-state index in [1.54, 1.807) is 0 Å². The maximum absolute atomic E-state index is 6.42. The van der Waals surface area contributed by atoms with Crippen molar-refractivity contribution in [3.05, 3.63) is 33.8 Å². The molecule has 0 amide bonds. The van der Waals surface area contributed by atoms with Crippen molar-refractivity contribution in [1.29, 1.82) is 0 Å². The minimum absolute atomic E-state index is 0.0225. The molecule has 1 fully saturated rings. The van der Waals surface area contributed by atoms with Crippen LogP contribution < -0.4 is 5.73 Å². The normalized spacial score (nSPS) is 20.2. The van der Waals surface area contributed by atoms with Crippen molar-refractivity contribution in [2.24, 2.45) is 11.7 Å². The molecule has 3 heteroatoms. The van der Waals surface area contributed by atoms with Crippen molar-refractivity contribution < 1.29 is 0 Å². The number of hydrogen-bond donors (Lipinski definition) is 1. The van der Waals surface area contributed by atoms with E-state index in [4.69, 9.17) is 28.9 Å². The third kappa shape index (κ3) is 3.40. The lowest BCUT2D eigenvalue weighted by Crippen LogP contribution is -2.22. The van der Waals surface area contributed by atoms with Crippen molar-refractivity contribution in [3.8, 4) is 0 Å². The van der Waals surface area contributed by atoms with E-state index >= 15 is 0 Å². The Kier molecular flexibility index (Phi) is 5.35. The zero-order chi connectivity index (χ0) is 13.0. The van der Waals surface area contributed by atoms with Crippen molar-refractivity contribution in [3.63, 3.8) is 0 Å². The zero-order valence-corrected chi connectivity index (χ0v) is 12.2. The van der Waals surface area contributed by atoms with Crippen molar-refractivity contribution in [2.45, 2.75) is 51.0 Å². The van der Waals surface area contributed by atoms with Crippen LogP contribution in [-0.4, -0.2) is 0 Å². The Hall–Kier alpha value is -0.240. The maximum Gasteiger partial charge on any atom is 0.0640 e. The Morgan fingerprint density at radius 2 is 1.61 bits per heavy atom. The largest absolute Gasteiger partial charge is 0.324 e. The molecule has 1 unspecified atom stereocenters. The number of benzene rings is 1. The van der Waals surface area contributed by atoms with Gasteiger partial charge >= 0.3 is 0 Å². The van der Waals surface area contributed by atoms with Gasteiger partial charge in [-0.15, -0.1) is 0 Å². The molecule has 0 bridgehead atoms. The second kappa shape index (κ2) is 6.79. The number of hydrogen-bond acceptors (Lipinski definition) is 1. The molecular formula is C15H21Cl2N. The maximum atomic E-state index is 6.42. The SMILES string of the molecule is NC(c1cccc(Cl)c1Cl)C1CCCCCCC1. The predicted molar refractivity (Wildman–Crippen MR) is 79.2 cm³/mol. The lowest BCUT2D eigenvalue weighted by atomic mass is 9.83. The Balaban J connectivity index is 2.13. The number of nitrogens with two attached hydrogens (primary N) is 1. The van der Waals surface area contributed by atoms with Crippen LogP contribution in [-0.2, 0) is 0 Å². The molecule has 0 heterocycles. The van der Waals surface area contributed by atoms with E-state index in [0.29, 0.717) is 16.0 Å². The van der Waals surface area contributed by atoms with Crippen molar-refractivity contribution in [2.75, 3.05) is 0 Å². The highest BCUT2D eigenvalue weighted by Gasteiger charge is 2.22. The highest BCUT2D eigenvalue weighted by Crippen LogP contribution is 2.36. The van der Waals surface area contributed by atoms with Gasteiger partial charge in [0, 0.05) is 6.04 Å². The van der Waals surface area contributed by atoms with Crippen LogP contribution >= 0.6 is 23.2 Å².